The van der Waals surface area contributed by atoms with Gasteiger partial charge in [0.15, 0.2) is 0 Å². The fraction of sp³-hybridized carbons (Fsp3) is 1.00. The standard InChI is InChI=1S/C11H23BrO5/c1-11(9-12,17-5-2-3-13)10-16-8-7-15-6-4-14/h13-14H,2-10H2,1H3. The quantitative estimate of drug-likeness (QED) is 0.407. The molecule has 0 aromatic carbocycles. The molecule has 6 heteroatoms. The summed E-state index contributed by atoms with van der Waals surface area (Å²) in [7, 11) is 0. The van der Waals surface area contributed by atoms with E-state index in [1.807, 2.05) is 6.92 Å². The molecule has 0 aliphatic rings. The van der Waals surface area contributed by atoms with Crippen LogP contribution in [0.15, 0.2) is 0 Å². The highest BCUT2D eigenvalue weighted by Gasteiger charge is 2.23. The van der Waals surface area contributed by atoms with Gasteiger partial charge in [0.2, 0.25) is 0 Å². The van der Waals surface area contributed by atoms with Crippen LogP contribution in [0.25, 0.3) is 0 Å². The zero-order valence-corrected chi connectivity index (χ0v) is 11.9. The number of rotatable bonds is 12. The van der Waals surface area contributed by atoms with Gasteiger partial charge in [-0.2, -0.15) is 0 Å². The van der Waals surface area contributed by atoms with Crippen molar-refractivity contribution in [3.05, 3.63) is 0 Å². The zero-order valence-electron chi connectivity index (χ0n) is 10.4. The first kappa shape index (κ1) is 17.3. The van der Waals surface area contributed by atoms with Crippen molar-refractivity contribution in [3.63, 3.8) is 0 Å². The van der Waals surface area contributed by atoms with Gasteiger partial charge >= 0.3 is 0 Å². The molecule has 0 aliphatic heterocycles. The summed E-state index contributed by atoms with van der Waals surface area (Å²) in [6.07, 6.45) is 0.627. The molecule has 104 valence electrons. The maximum atomic E-state index is 8.67. The largest absolute Gasteiger partial charge is 0.396 e. The smallest absolute Gasteiger partial charge is 0.0982 e. The van der Waals surface area contributed by atoms with Crippen molar-refractivity contribution in [1.82, 2.24) is 0 Å². The number of ether oxygens (including phenoxy) is 3. The molecule has 0 aromatic rings. The molecule has 1 atom stereocenters. The monoisotopic (exact) mass is 314 g/mol. The van der Waals surface area contributed by atoms with Gasteiger partial charge in [-0.05, 0) is 13.3 Å². The van der Waals surface area contributed by atoms with E-state index in [1.54, 1.807) is 0 Å². The molecule has 0 saturated heterocycles. The molecule has 0 radical (unpaired) electrons. The number of aliphatic hydroxyl groups is 2. The third kappa shape index (κ3) is 9.93. The van der Waals surface area contributed by atoms with Crippen LogP contribution >= 0.6 is 15.9 Å². The molecular formula is C11H23BrO5. The van der Waals surface area contributed by atoms with Crippen molar-refractivity contribution < 1.29 is 24.4 Å². The van der Waals surface area contributed by atoms with Gasteiger partial charge in [0.1, 0.15) is 0 Å². The first-order valence-electron chi connectivity index (χ1n) is 5.75. The van der Waals surface area contributed by atoms with Crippen LogP contribution in [0.1, 0.15) is 13.3 Å². The molecule has 0 spiro atoms. The molecule has 0 bridgehead atoms. The molecule has 0 saturated carbocycles. The van der Waals surface area contributed by atoms with Crippen LogP contribution in [0.5, 0.6) is 0 Å². The SMILES string of the molecule is CC(CBr)(COCCOCCO)OCCCO. The van der Waals surface area contributed by atoms with Crippen LogP contribution in [0, 0.1) is 0 Å². The highest BCUT2D eigenvalue weighted by atomic mass is 79.9. The molecule has 0 amide bonds. The second-order valence-corrected chi connectivity index (χ2v) is 4.46. The predicted octanol–water partition coefficient (Wildman–Crippen LogP) is 0.565. The summed E-state index contributed by atoms with van der Waals surface area (Å²) in [5, 5.41) is 17.8. The van der Waals surface area contributed by atoms with E-state index in [-0.39, 0.29) is 18.8 Å². The zero-order chi connectivity index (χ0) is 13.0. The average molecular weight is 315 g/mol. The minimum Gasteiger partial charge on any atom is -0.396 e. The maximum absolute atomic E-state index is 8.67. The molecule has 1 unspecified atom stereocenters. The summed E-state index contributed by atoms with van der Waals surface area (Å²) < 4.78 is 16.1. The third-order valence-corrected chi connectivity index (χ3v) is 3.24. The summed E-state index contributed by atoms with van der Waals surface area (Å²) in [5.74, 6) is 0. The lowest BCUT2D eigenvalue weighted by Crippen LogP contribution is -2.37. The van der Waals surface area contributed by atoms with Crippen molar-refractivity contribution in [1.29, 1.82) is 0 Å². The van der Waals surface area contributed by atoms with Crippen molar-refractivity contribution in [2.75, 3.05) is 51.6 Å². The first-order chi connectivity index (χ1) is 8.18. The maximum Gasteiger partial charge on any atom is 0.0982 e. The van der Waals surface area contributed by atoms with Gasteiger partial charge in [-0.3, -0.25) is 0 Å². The average Bonchev–Trinajstić information content (AvgIpc) is 2.34. The molecule has 0 aromatic heterocycles. The van der Waals surface area contributed by atoms with Crippen LogP contribution in [0.3, 0.4) is 0 Å². The Morgan fingerprint density at radius 2 is 1.71 bits per heavy atom. The first-order valence-corrected chi connectivity index (χ1v) is 6.88. The van der Waals surface area contributed by atoms with Gasteiger partial charge in [0.25, 0.3) is 0 Å². The van der Waals surface area contributed by atoms with E-state index in [9.17, 15) is 0 Å². The molecule has 5 nitrogen and oxygen atoms in total. The fourth-order valence-corrected chi connectivity index (χ4v) is 1.40. The number of hydrogen-bond donors (Lipinski definition) is 2. The molecule has 0 aliphatic carbocycles. The Kier molecular flexibility index (Phi) is 11.6. The summed E-state index contributed by atoms with van der Waals surface area (Å²) in [5.41, 5.74) is -0.383. The Balaban J connectivity index is 3.57. The lowest BCUT2D eigenvalue weighted by molar-refractivity contribution is -0.0816. The van der Waals surface area contributed by atoms with E-state index in [4.69, 9.17) is 24.4 Å². The number of hydrogen-bond acceptors (Lipinski definition) is 5. The summed E-state index contributed by atoms with van der Waals surface area (Å²) in [6, 6.07) is 0. The van der Waals surface area contributed by atoms with E-state index in [1.165, 1.54) is 0 Å². The minimum absolute atomic E-state index is 0.0311. The molecule has 2 N–H and O–H groups in total. The Hall–Kier alpha value is 0.280. The van der Waals surface area contributed by atoms with Crippen LogP contribution in [0.4, 0.5) is 0 Å². The van der Waals surface area contributed by atoms with Crippen molar-refractivity contribution in [2.45, 2.75) is 18.9 Å². The lowest BCUT2D eigenvalue weighted by atomic mass is 10.1. The lowest BCUT2D eigenvalue weighted by Gasteiger charge is -2.27. The summed E-state index contributed by atoms with van der Waals surface area (Å²) in [4.78, 5) is 0. The molecular weight excluding hydrogens is 292 g/mol. The predicted molar refractivity (Wildman–Crippen MR) is 68.6 cm³/mol. The van der Waals surface area contributed by atoms with E-state index >= 15 is 0 Å². The minimum atomic E-state index is -0.383. The summed E-state index contributed by atoms with van der Waals surface area (Å²) >= 11 is 3.39. The van der Waals surface area contributed by atoms with E-state index < -0.39 is 0 Å². The van der Waals surface area contributed by atoms with Gasteiger partial charge in [-0.1, -0.05) is 15.9 Å². The number of aliphatic hydroxyl groups excluding tert-OH is 2. The van der Waals surface area contributed by atoms with Crippen LogP contribution in [-0.4, -0.2) is 67.4 Å². The van der Waals surface area contributed by atoms with Gasteiger partial charge < -0.3 is 24.4 Å². The van der Waals surface area contributed by atoms with Gasteiger partial charge in [0.05, 0.1) is 38.6 Å². The second kappa shape index (κ2) is 11.4. The van der Waals surface area contributed by atoms with Gasteiger partial charge in [-0.25, -0.2) is 0 Å². The third-order valence-electron chi connectivity index (χ3n) is 2.05. The van der Waals surface area contributed by atoms with Gasteiger partial charge in [0, 0.05) is 18.5 Å². The van der Waals surface area contributed by atoms with E-state index in [0.29, 0.717) is 44.8 Å². The van der Waals surface area contributed by atoms with Crippen molar-refractivity contribution in [3.8, 4) is 0 Å². The Morgan fingerprint density at radius 3 is 2.29 bits per heavy atom. The van der Waals surface area contributed by atoms with Crippen molar-refractivity contribution >= 4 is 15.9 Å². The highest BCUT2D eigenvalue weighted by molar-refractivity contribution is 9.09. The summed E-state index contributed by atoms with van der Waals surface area (Å²) in [6.45, 7) is 4.38. The fourth-order valence-electron chi connectivity index (χ4n) is 1.07. The molecule has 0 heterocycles. The number of alkyl halides is 1. The topological polar surface area (TPSA) is 68.2 Å². The molecule has 0 fully saturated rings. The Morgan fingerprint density at radius 1 is 1.00 bits per heavy atom. The Bertz CT molecular complexity index is 170. The van der Waals surface area contributed by atoms with Gasteiger partial charge in [-0.15, -0.1) is 0 Å². The number of halogens is 1. The Labute approximate surface area is 111 Å². The van der Waals surface area contributed by atoms with Crippen LogP contribution < -0.4 is 0 Å². The normalized spacial score (nSPS) is 14.8. The molecule has 17 heavy (non-hydrogen) atoms. The highest BCUT2D eigenvalue weighted by Crippen LogP contribution is 2.14. The van der Waals surface area contributed by atoms with Crippen molar-refractivity contribution in [2.24, 2.45) is 0 Å². The van der Waals surface area contributed by atoms with E-state index in [2.05, 4.69) is 15.9 Å². The van der Waals surface area contributed by atoms with E-state index in [0.717, 1.165) is 0 Å². The van der Waals surface area contributed by atoms with Crippen LogP contribution in [-0.2, 0) is 14.2 Å². The molecule has 0 rings (SSSR count). The van der Waals surface area contributed by atoms with Crippen LogP contribution in [0.2, 0.25) is 0 Å². The second-order valence-electron chi connectivity index (χ2n) is 3.90.